The Morgan fingerprint density at radius 3 is 2.40 bits per heavy atom. The summed E-state index contributed by atoms with van der Waals surface area (Å²) in [4.78, 5) is 17.7. The highest BCUT2D eigenvalue weighted by molar-refractivity contribution is 6.16. The fourth-order valence-electron chi connectivity index (χ4n) is 5.14. The number of rotatable bonds is 5. The number of piperazine rings is 1. The van der Waals surface area contributed by atoms with Crippen molar-refractivity contribution in [1.82, 2.24) is 9.80 Å². The molecule has 1 N–H and O–H groups in total. The molecule has 1 aromatic heterocycles. The van der Waals surface area contributed by atoms with Crippen LogP contribution in [-0.4, -0.2) is 60.7 Å². The lowest BCUT2D eigenvalue weighted by molar-refractivity contribution is 0.0526. The zero-order chi connectivity index (χ0) is 24.7. The molecule has 1 saturated heterocycles. The quantitative estimate of drug-likeness (QED) is 0.397. The average molecular weight is 477 g/mol. The fraction of sp³-hybridized carbons (Fsp3) is 0.321. The van der Waals surface area contributed by atoms with Crippen LogP contribution in [0.25, 0.3) is 21.7 Å². The van der Waals surface area contributed by atoms with Crippen LogP contribution in [0.4, 0.5) is 4.39 Å². The minimum atomic E-state index is -0.490. The monoisotopic (exact) mass is 476 g/mol. The highest BCUT2D eigenvalue weighted by Gasteiger charge is 2.34. The molecule has 1 unspecified atom stereocenters. The van der Waals surface area contributed by atoms with E-state index < -0.39 is 12.0 Å². The van der Waals surface area contributed by atoms with Gasteiger partial charge in [0.1, 0.15) is 28.5 Å². The lowest BCUT2D eigenvalue weighted by Gasteiger charge is -2.39. The molecule has 0 spiro atoms. The number of fused-ring (bicyclic) bond motifs is 3. The molecule has 0 saturated carbocycles. The summed E-state index contributed by atoms with van der Waals surface area (Å²) in [7, 11) is 2.08. The summed E-state index contributed by atoms with van der Waals surface area (Å²) in [5.74, 6) is -0.291. The van der Waals surface area contributed by atoms with Gasteiger partial charge in [0.15, 0.2) is 0 Å². The van der Waals surface area contributed by atoms with Gasteiger partial charge in [0, 0.05) is 47.9 Å². The maximum absolute atomic E-state index is 13.9. The van der Waals surface area contributed by atoms with Gasteiger partial charge in [-0.3, -0.25) is 4.90 Å². The third-order valence-corrected chi connectivity index (χ3v) is 6.88. The first kappa shape index (κ1) is 23.3. The average Bonchev–Trinajstić information content (AvgIpc) is 3.20. The van der Waals surface area contributed by atoms with E-state index in [0.717, 1.165) is 37.1 Å². The van der Waals surface area contributed by atoms with Crippen molar-refractivity contribution in [2.45, 2.75) is 19.9 Å². The second-order valence-corrected chi connectivity index (χ2v) is 9.06. The van der Waals surface area contributed by atoms with E-state index >= 15 is 0 Å². The van der Waals surface area contributed by atoms with Gasteiger partial charge in [-0.15, -0.1) is 0 Å². The molecule has 0 bridgehead atoms. The molecule has 0 radical (unpaired) electrons. The number of aryl methyl sites for hydroxylation is 1. The van der Waals surface area contributed by atoms with Crippen LogP contribution in [-0.2, 0) is 4.74 Å². The van der Waals surface area contributed by atoms with Crippen LogP contribution in [0, 0.1) is 12.7 Å². The maximum Gasteiger partial charge on any atom is 0.342 e. The van der Waals surface area contributed by atoms with E-state index in [1.807, 2.05) is 24.3 Å². The number of phenols is 1. The molecule has 0 aliphatic carbocycles. The Morgan fingerprint density at radius 2 is 1.74 bits per heavy atom. The molecule has 35 heavy (non-hydrogen) atoms. The third-order valence-electron chi connectivity index (χ3n) is 6.88. The topological polar surface area (TPSA) is 66.2 Å². The number of furan rings is 1. The third kappa shape index (κ3) is 4.05. The number of halogens is 1. The van der Waals surface area contributed by atoms with Gasteiger partial charge in [0.25, 0.3) is 0 Å². The molecule has 182 valence electrons. The number of aromatic hydroxyl groups is 1. The molecule has 1 fully saturated rings. The number of likely N-dealkylation sites (N-methyl/N-ethyl adjacent to an activating group) is 1. The Morgan fingerprint density at radius 1 is 1.09 bits per heavy atom. The van der Waals surface area contributed by atoms with Gasteiger partial charge in [-0.1, -0.05) is 36.4 Å². The molecule has 1 aliphatic heterocycles. The SMILES string of the molecule is CCOC(=O)c1c(C)oc2c1c(C(c1ccc(F)cc1)N1CCN(C)CC1)c(O)c1ccccc12. The summed E-state index contributed by atoms with van der Waals surface area (Å²) < 4.78 is 25.5. The van der Waals surface area contributed by atoms with Crippen molar-refractivity contribution < 1.29 is 23.4 Å². The largest absolute Gasteiger partial charge is 0.507 e. The fourth-order valence-corrected chi connectivity index (χ4v) is 5.14. The van der Waals surface area contributed by atoms with E-state index in [-0.39, 0.29) is 18.2 Å². The molecule has 7 heteroatoms. The lowest BCUT2D eigenvalue weighted by Crippen LogP contribution is -2.46. The molecule has 0 amide bonds. The standard InChI is InChI=1S/C28H29FN2O4/c1-4-34-28(33)22-17(2)35-27-21-8-6-5-7-20(21)26(32)24(23(22)27)25(18-9-11-19(29)12-10-18)31-15-13-30(3)14-16-31/h5-12,25,32H,4,13-16H2,1-3H3. The molecule has 2 heterocycles. The number of benzene rings is 3. The smallest absolute Gasteiger partial charge is 0.342 e. The summed E-state index contributed by atoms with van der Waals surface area (Å²) in [6, 6.07) is 13.4. The van der Waals surface area contributed by atoms with E-state index in [9.17, 15) is 14.3 Å². The maximum atomic E-state index is 13.9. The minimum Gasteiger partial charge on any atom is -0.507 e. The van der Waals surface area contributed by atoms with Crippen LogP contribution in [0.2, 0.25) is 0 Å². The Labute approximate surface area is 203 Å². The van der Waals surface area contributed by atoms with Gasteiger partial charge in [0.05, 0.1) is 12.6 Å². The Balaban J connectivity index is 1.87. The first-order valence-electron chi connectivity index (χ1n) is 11.9. The number of esters is 1. The van der Waals surface area contributed by atoms with Crippen molar-refractivity contribution in [3.05, 3.63) is 76.8 Å². The van der Waals surface area contributed by atoms with E-state index in [4.69, 9.17) is 9.15 Å². The van der Waals surface area contributed by atoms with Gasteiger partial charge in [-0.05, 0) is 38.6 Å². The van der Waals surface area contributed by atoms with Gasteiger partial charge >= 0.3 is 5.97 Å². The van der Waals surface area contributed by atoms with Crippen LogP contribution in [0.15, 0.2) is 52.9 Å². The van der Waals surface area contributed by atoms with Gasteiger partial charge in [0.2, 0.25) is 0 Å². The number of ether oxygens (including phenoxy) is 1. The van der Waals surface area contributed by atoms with E-state index in [0.29, 0.717) is 33.2 Å². The van der Waals surface area contributed by atoms with Gasteiger partial charge < -0.3 is 19.2 Å². The molecule has 1 atom stereocenters. The second-order valence-electron chi connectivity index (χ2n) is 9.06. The van der Waals surface area contributed by atoms with Crippen LogP contribution in [0.5, 0.6) is 5.75 Å². The number of nitrogens with zero attached hydrogens (tertiary/aromatic N) is 2. The number of phenolic OH excluding ortho intramolecular Hbond substituents is 1. The van der Waals surface area contributed by atoms with E-state index in [1.54, 1.807) is 26.0 Å². The predicted molar refractivity (Wildman–Crippen MR) is 133 cm³/mol. The summed E-state index contributed by atoms with van der Waals surface area (Å²) >= 11 is 0. The molecule has 4 aromatic rings. The Kier molecular flexibility index (Phi) is 6.21. The molecule has 5 rings (SSSR count). The predicted octanol–water partition coefficient (Wildman–Crippen LogP) is 5.25. The second kappa shape index (κ2) is 9.32. The zero-order valence-corrected chi connectivity index (χ0v) is 20.2. The molecular formula is C28H29FN2O4. The Hall–Kier alpha value is -3.42. The number of hydrogen-bond acceptors (Lipinski definition) is 6. The lowest BCUT2D eigenvalue weighted by atomic mass is 9.88. The number of carbonyl (C=O) groups is 1. The Bertz CT molecular complexity index is 1390. The normalized spacial score (nSPS) is 16.1. The van der Waals surface area contributed by atoms with Crippen molar-refractivity contribution in [2.24, 2.45) is 0 Å². The first-order valence-corrected chi connectivity index (χ1v) is 11.9. The molecular weight excluding hydrogens is 447 g/mol. The van der Waals surface area contributed by atoms with Crippen LogP contribution in [0.1, 0.15) is 40.2 Å². The molecule has 1 aliphatic rings. The number of hydrogen-bond donors (Lipinski definition) is 1. The van der Waals surface area contributed by atoms with Crippen molar-refractivity contribution in [3.8, 4) is 5.75 Å². The summed E-state index contributed by atoms with van der Waals surface area (Å²) in [5, 5.41) is 13.7. The van der Waals surface area contributed by atoms with Crippen molar-refractivity contribution in [1.29, 1.82) is 0 Å². The van der Waals surface area contributed by atoms with Gasteiger partial charge in [-0.2, -0.15) is 0 Å². The first-order chi connectivity index (χ1) is 16.9. The van der Waals surface area contributed by atoms with Crippen molar-refractivity contribution in [3.63, 3.8) is 0 Å². The van der Waals surface area contributed by atoms with Crippen molar-refractivity contribution >= 4 is 27.7 Å². The van der Waals surface area contributed by atoms with E-state index in [2.05, 4.69) is 16.8 Å². The van der Waals surface area contributed by atoms with E-state index in [1.165, 1.54) is 12.1 Å². The van der Waals surface area contributed by atoms with Crippen LogP contribution in [0.3, 0.4) is 0 Å². The summed E-state index contributed by atoms with van der Waals surface area (Å²) in [6.45, 7) is 6.92. The van der Waals surface area contributed by atoms with Crippen LogP contribution >= 0.6 is 0 Å². The molecule has 6 nitrogen and oxygen atoms in total. The number of carbonyl (C=O) groups excluding carboxylic acids is 1. The summed E-state index contributed by atoms with van der Waals surface area (Å²) in [5.41, 5.74) is 2.26. The summed E-state index contributed by atoms with van der Waals surface area (Å²) in [6.07, 6.45) is 0. The zero-order valence-electron chi connectivity index (χ0n) is 20.2. The molecule has 3 aromatic carbocycles. The highest BCUT2D eigenvalue weighted by atomic mass is 19.1. The van der Waals surface area contributed by atoms with Gasteiger partial charge in [-0.25, -0.2) is 9.18 Å². The van der Waals surface area contributed by atoms with Crippen molar-refractivity contribution in [2.75, 3.05) is 39.8 Å². The van der Waals surface area contributed by atoms with Crippen LogP contribution < -0.4 is 0 Å². The minimum absolute atomic E-state index is 0.0905. The highest BCUT2D eigenvalue weighted by Crippen LogP contribution is 2.47.